The number of hydrogen-bond donors (Lipinski definition) is 0. The van der Waals surface area contributed by atoms with Crippen molar-refractivity contribution in [3.63, 3.8) is 0 Å². The maximum Gasteiger partial charge on any atom is 0.0645 e. The van der Waals surface area contributed by atoms with E-state index in [0.29, 0.717) is 6.04 Å². The first-order valence-electron chi connectivity index (χ1n) is 7.48. The topological polar surface area (TPSA) is 15.7 Å². The van der Waals surface area contributed by atoms with Gasteiger partial charge in [0.25, 0.3) is 0 Å². The summed E-state index contributed by atoms with van der Waals surface area (Å²) in [6.45, 7) is 6.45. The number of piperazine rings is 1. The minimum absolute atomic E-state index is 0.706. The van der Waals surface area contributed by atoms with Crippen LogP contribution < -0.4 is 4.90 Å². The molecule has 3 nitrogen and oxygen atoms in total. The van der Waals surface area contributed by atoms with Crippen LogP contribution in [0.4, 0.5) is 5.69 Å². The molecule has 1 aromatic rings. The minimum atomic E-state index is 0.706. The first-order valence-corrected chi connectivity index (χ1v) is 7.48. The van der Waals surface area contributed by atoms with E-state index < -0.39 is 0 Å². The van der Waals surface area contributed by atoms with E-state index in [9.17, 15) is 0 Å². The average Bonchev–Trinajstić information content (AvgIpc) is 2.60. The molecule has 0 aliphatic carbocycles. The van der Waals surface area contributed by atoms with E-state index >= 15 is 0 Å². The molecule has 0 radical (unpaired) electrons. The van der Waals surface area contributed by atoms with Gasteiger partial charge >= 0.3 is 0 Å². The van der Waals surface area contributed by atoms with Crippen LogP contribution in [0.2, 0.25) is 0 Å². The third-order valence-electron chi connectivity index (χ3n) is 4.98. The standard InChI is InChI=1S/C16H22N2O/c1-12-2-4-13(5-3-12)17-8-14-6-7-15(9-17)18(14)16-10-19-11-16/h2-5,14-16H,6-11H2,1H3. The van der Waals surface area contributed by atoms with E-state index in [0.717, 1.165) is 25.3 Å². The van der Waals surface area contributed by atoms with Gasteiger partial charge < -0.3 is 9.64 Å². The van der Waals surface area contributed by atoms with Crippen LogP contribution in [0.25, 0.3) is 0 Å². The maximum atomic E-state index is 5.38. The third-order valence-corrected chi connectivity index (χ3v) is 4.98. The number of nitrogens with zero attached hydrogens (tertiary/aromatic N) is 2. The Morgan fingerprint density at radius 3 is 2.11 bits per heavy atom. The van der Waals surface area contributed by atoms with Crippen molar-refractivity contribution < 1.29 is 4.74 Å². The summed E-state index contributed by atoms with van der Waals surface area (Å²) >= 11 is 0. The van der Waals surface area contributed by atoms with Gasteiger partial charge in [0.05, 0.1) is 19.3 Å². The summed E-state index contributed by atoms with van der Waals surface area (Å²) in [5.41, 5.74) is 2.74. The zero-order chi connectivity index (χ0) is 12.8. The fourth-order valence-corrected chi connectivity index (χ4v) is 3.89. The van der Waals surface area contributed by atoms with Gasteiger partial charge in [-0.15, -0.1) is 0 Å². The molecule has 4 rings (SSSR count). The summed E-state index contributed by atoms with van der Waals surface area (Å²) in [7, 11) is 0. The second-order valence-electron chi connectivity index (χ2n) is 6.26. The van der Waals surface area contributed by atoms with Gasteiger partial charge in [0, 0.05) is 30.9 Å². The molecular weight excluding hydrogens is 236 g/mol. The lowest BCUT2D eigenvalue weighted by molar-refractivity contribution is -0.0850. The highest BCUT2D eigenvalue weighted by atomic mass is 16.5. The first-order chi connectivity index (χ1) is 9.31. The second kappa shape index (κ2) is 4.50. The number of rotatable bonds is 2. The van der Waals surface area contributed by atoms with E-state index in [1.54, 1.807) is 0 Å². The van der Waals surface area contributed by atoms with E-state index in [-0.39, 0.29) is 0 Å². The van der Waals surface area contributed by atoms with Gasteiger partial charge in [-0.05, 0) is 31.9 Å². The van der Waals surface area contributed by atoms with Crippen LogP contribution in [0, 0.1) is 6.92 Å². The van der Waals surface area contributed by atoms with Crippen LogP contribution in [0.1, 0.15) is 18.4 Å². The van der Waals surface area contributed by atoms with Crippen molar-refractivity contribution in [1.82, 2.24) is 4.90 Å². The number of hydrogen-bond acceptors (Lipinski definition) is 3. The van der Waals surface area contributed by atoms with Crippen molar-refractivity contribution in [2.45, 2.75) is 37.9 Å². The number of fused-ring (bicyclic) bond motifs is 2. The van der Waals surface area contributed by atoms with Gasteiger partial charge in [0.15, 0.2) is 0 Å². The molecule has 0 aromatic heterocycles. The molecule has 3 heteroatoms. The number of ether oxygens (including phenoxy) is 1. The SMILES string of the molecule is Cc1ccc(N2CC3CCC(C2)N3C2COC2)cc1. The zero-order valence-electron chi connectivity index (χ0n) is 11.6. The van der Waals surface area contributed by atoms with Crippen molar-refractivity contribution in [2.75, 3.05) is 31.2 Å². The highest BCUT2D eigenvalue weighted by molar-refractivity contribution is 5.48. The maximum absolute atomic E-state index is 5.38. The van der Waals surface area contributed by atoms with Crippen molar-refractivity contribution in [2.24, 2.45) is 0 Å². The number of benzene rings is 1. The quantitative estimate of drug-likeness (QED) is 0.807. The van der Waals surface area contributed by atoms with E-state index in [1.807, 2.05) is 0 Å². The molecule has 0 amide bonds. The minimum Gasteiger partial charge on any atom is -0.378 e. The van der Waals surface area contributed by atoms with E-state index in [4.69, 9.17) is 4.74 Å². The Hall–Kier alpha value is -1.06. The molecular formula is C16H22N2O. The lowest BCUT2D eigenvalue weighted by Gasteiger charge is -2.48. The van der Waals surface area contributed by atoms with Gasteiger partial charge in [-0.25, -0.2) is 0 Å². The average molecular weight is 258 g/mol. The predicted octanol–water partition coefficient (Wildman–Crippen LogP) is 2.05. The van der Waals surface area contributed by atoms with Crippen LogP contribution in [0.3, 0.4) is 0 Å². The molecule has 0 saturated carbocycles. The number of aryl methyl sites for hydroxylation is 1. The highest BCUT2D eigenvalue weighted by Crippen LogP contribution is 2.35. The largest absolute Gasteiger partial charge is 0.378 e. The zero-order valence-corrected chi connectivity index (χ0v) is 11.6. The second-order valence-corrected chi connectivity index (χ2v) is 6.26. The summed E-state index contributed by atoms with van der Waals surface area (Å²) in [6, 6.07) is 11.2. The molecule has 0 spiro atoms. The molecule has 3 aliphatic heterocycles. The van der Waals surface area contributed by atoms with Crippen LogP contribution in [0.15, 0.2) is 24.3 Å². The third kappa shape index (κ3) is 1.96. The molecule has 2 bridgehead atoms. The Kier molecular flexibility index (Phi) is 2.78. The molecule has 0 N–H and O–H groups in total. The van der Waals surface area contributed by atoms with Gasteiger partial charge in [-0.3, -0.25) is 4.90 Å². The van der Waals surface area contributed by atoms with Gasteiger partial charge in [-0.1, -0.05) is 17.7 Å². The summed E-state index contributed by atoms with van der Waals surface area (Å²) < 4.78 is 5.38. The molecule has 102 valence electrons. The Balaban J connectivity index is 1.52. The summed E-state index contributed by atoms with van der Waals surface area (Å²) in [4.78, 5) is 5.34. The molecule has 3 saturated heterocycles. The summed E-state index contributed by atoms with van der Waals surface area (Å²) in [5.74, 6) is 0. The molecule has 19 heavy (non-hydrogen) atoms. The lowest BCUT2D eigenvalue weighted by Crippen LogP contribution is -2.62. The van der Waals surface area contributed by atoms with Crippen LogP contribution in [-0.4, -0.2) is 49.3 Å². The summed E-state index contributed by atoms with van der Waals surface area (Å²) in [5, 5.41) is 0. The van der Waals surface area contributed by atoms with Gasteiger partial charge in [0.2, 0.25) is 0 Å². The predicted molar refractivity (Wildman–Crippen MR) is 76.6 cm³/mol. The van der Waals surface area contributed by atoms with E-state index in [1.165, 1.54) is 37.2 Å². The van der Waals surface area contributed by atoms with Crippen LogP contribution in [-0.2, 0) is 4.74 Å². The Morgan fingerprint density at radius 2 is 1.58 bits per heavy atom. The molecule has 3 aliphatic rings. The fourth-order valence-electron chi connectivity index (χ4n) is 3.89. The lowest BCUT2D eigenvalue weighted by atomic mass is 10.1. The summed E-state index contributed by atoms with van der Waals surface area (Å²) in [6.07, 6.45) is 2.73. The first kappa shape index (κ1) is 11.7. The highest BCUT2D eigenvalue weighted by Gasteiger charge is 2.45. The molecule has 2 unspecified atom stereocenters. The van der Waals surface area contributed by atoms with Crippen molar-refractivity contribution >= 4 is 5.69 Å². The van der Waals surface area contributed by atoms with Gasteiger partial charge in [-0.2, -0.15) is 0 Å². The monoisotopic (exact) mass is 258 g/mol. The van der Waals surface area contributed by atoms with Crippen LogP contribution in [0.5, 0.6) is 0 Å². The van der Waals surface area contributed by atoms with Crippen molar-refractivity contribution in [1.29, 1.82) is 0 Å². The molecule has 3 fully saturated rings. The molecule has 2 atom stereocenters. The molecule has 3 heterocycles. The Bertz CT molecular complexity index is 440. The van der Waals surface area contributed by atoms with Gasteiger partial charge in [0.1, 0.15) is 0 Å². The van der Waals surface area contributed by atoms with Crippen LogP contribution >= 0.6 is 0 Å². The fraction of sp³-hybridized carbons (Fsp3) is 0.625. The number of anilines is 1. The smallest absolute Gasteiger partial charge is 0.0645 e. The molecule has 1 aromatic carbocycles. The Labute approximate surface area is 115 Å². The van der Waals surface area contributed by atoms with Crippen molar-refractivity contribution in [3.05, 3.63) is 29.8 Å². The van der Waals surface area contributed by atoms with E-state index in [2.05, 4.69) is 41.0 Å². The van der Waals surface area contributed by atoms with Crippen molar-refractivity contribution in [3.8, 4) is 0 Å². The Morgan fingerprint density at radius 1 is 0.947 bits per heavy atom. The normalized spacial score (nSPS) is 31.5.